The van der Waals surface area contributed by atoms with Crippen LogP contribution in [0, 0.1) is 6.92 Å². The van der Waals surface area contributed by atoms with Crippen molar-refractivity contribution < 1.29 is 9.53 Å². The number of nitrogens with zero attached hydrogens (tertiary/aromatic N) is 1. The fraction of sp³-hybridized carbons (Fsp3) is 0.0714. The molecule has 1 aromatic heterocycles. The topological polar surface area (TPSA) is 39.2 Å². The molecule has 0 N–H and O–H groups in total. The minimum Gasteiger partial charge on any atom is -0.497 e. The minimum atomic E-state index is -0.0611. The van der Waals surface area contributed by atoms with Crippen molar-refractivity contribution in [1.29, 1.82) is 0 Å². The Morgan fingerprint density at radius 2 is 1.48 bits per heavy atom. The normalized spacial score (nSPS) is 11.4. The van der Waals surface area contributed by atoms with Crippen LogP contribution in [0.25, 0.3) is 29.1 Å². The third-order valence-corrected chi connectivity index (χ3v) is 5.14. The van der Waals surface area contributed by atoms with E-state index in [2.05, 4.69) is 4.98 Å². The second-order valence-corrected chi connectivity index (χ2v) is 7.22. The summed E-state index contributed by atoms with van der Waals surface area (Å²) in [5.41, 5.74) is 5.10. The maximum atomic E-state index is 13.2. The molecular formula is C28H23NO2. The van der Waals surface area contributed by atoms with Gasteiger partial charge in [-0.2, -0.15) is 0 Å². The average molecular weight is 405 g/mol. The molecule has 0 atom stereocenters. The van der Waals surface area contributed by atoms with Crippen LogP contribution in [0.1, 0.15) is 32.7 Å². The summed E-state index contributed by atoms with van der Waals surface area (Å²) in [4.78, 5) is 17.9. The van der Waals surface area contributed by atoms with Crippen LogP contribution in [0.3, 0.4) is 0 Å². The molecule has 0 aliphatic rings. The molecule has 4 rings (SSSR count). The first-order chi connectivity index (χ1) is 15.2. The van der Waals surface area contributed by atoms with E-state index >= 15 is 0 Å². The molecule has 0 aliphatic carbocycles. The summed E-state index contributed by atoms with van der Waals surface area (Å²) >= 11 is 0. The lowest BCUT2D eigenvalue weighted by molar-refractivity contribution is 0.104. The molecule has 0 fully saturated rings. The van der Waals surface area contributed by atoms with Gasteiger partial charge in [0.2, 0.25) is 0 Å². The first-order valence-corrected chi connectivity index (χ1v) is 10.1. The van der Waals surface area contributed by atoms with Crippen LogP contribution in [0.2, 0.25) is 0 Å². The van der Waals surface area contributed by atoms with E-state index in [9.17, 15) is 4.79 Å². The molecule has 3 aromatic carbocycles. The van der Waals surface area contributed by atoms with Gasteiger partial charge in [-0.3, -0.25) is 9.78 Å². The number of hydrogen-bond donors (Lipinski definition) is 0. The highest BCUT2D eigenvalue weighted by molar-refractivity contribution is 6.13. The van der Waals surface area contributed by atoms with Gasteiger partial charge in [0.1, 0.15) is 5.75 Å². The summed E-state index contributed by atoms with van der Waals surface area (Å²) < 4.78 is 5.23. The van der Waals surface area contributed by atoms with E-state index in [4.69, 9.17) is 4.74 Å². The number of rotatable bonds is 6. The van der Waals surface area contributed by atoms with Crippen LogP contribution >= 0.6 is 0 Å². The van der Waals surface area contributed by atoms with E-state index in [-0.39, 0.29) is 5.78 Å². The van der Waals surface area contributed by atoms with Crippen LogP contribution in [0.15, 0.2) is 84.9 Å². The Balaban J connectivity index is 1.78. The summed E-state index contributed by atoms with van der Waals surface area (Å²) in [6.45, 7) is 1.89. The Morgan fingerprint density at radius 1 is 0.806 bits per heavy atom. The van der Waals surface area contributed by atoms with Gasteiger partial charge in [0.25, 0.3) is 0 Å². The van der Waals surface area contributed by atoms with Crippen molar-refractivity contribution in [3.63, 3.8) is 0 Å². The van der Waals surface area contributed by atoms with Crippen molar-refractivity contribution in [2.24, 2.45) is 0 Å². The first-order valence-electron chi connectivity index (χ1n) is 10.1. The molecule has 0 aliphatic heterocycles. The van der Waals surface area contributed by atoms with Crippen molar-refractivity contribution in [3.05, 3.63) is 113 Å². The highest BCUT2D eigenvalue weighted by Crippen LogP contribution is 2.27. The smallest absolute Gasteiger partial charge is 0.188 e. The van der Waals surface area contributed by atoms with Crippen molar-refractivity contribution in [2.75, 3.05) is 7.11 Å². The zero-order valence-electron chi connectivity index (χ0n) is 17.6. The number of hydrogen-bond acceptors (Lipinski definition) is 3. The summed E-state index contributed by atoms with van der Waals surface area (Å²) in [5.74, 6) is 0.748. The fourth-order valence-corrected chi connectivity index (χ4v) is 3.56. The number of aryl methyl sites for hydroxylation is 1. The maximum absolute atomic E-state index is 13.2. The number of carbonyl (C=O) groups is 1. The number of aromatic nitrogens is 1. The third-order valence-electron chi connectivity index (χ3n) is 5.14. The number of ketones is 1. The molecule has 1 heterocycles. The molecule has 31 heavy (non-hydrogen) atoms. The maximum Gasteiger partial charge on any atom is 0.188 e. The number of benzene rings is 3. The van der Waals surface area contributed by atoms with Gasteiger partial charge in [-0.1, -0.05) is 78.9 Å². The number of fused-ring (bicyclic) bond motifs is 1. The molecule has 0 radical (unpaired) electrons. The quantitative estimate of drug-likeness (QED) is 0.267. The second kappa shape index (κ2) is 9.23. The number of para-hydroxylation sites is 1. The summed E-state index contributed by atoms with van der Waals surface area (Å²) in [7, 11) is 1.65. The molecule has 0 amide bonds. The van der Waals surface area contributed by atoms with Gasteiger partial charge in [-0.05, 0) is 47.9 Å². The van der Waals surface area contributed by atoms with Gasteiger partial charge in [-0.15, -0.1) is 0 Å². The number of ether oxygens (including phenoxy) is 1. The zero-order chi connectivity index (χ0) is 21.6. The molecule has 0 bridgehead atoms. The minimum absolute atomic E-state index is 0.0611. The van der Waals surface area contributed by atoms with Crippen LogP contribution in [0.5, 0.6) is 5.75 Å². The second-order valence-electron chi connectivity index (χ2n) is 7.22. The predicted octanol–water partition coefficient (Wildman–Crippen LogP) is 6.62. The molecule has 3 heteroatoms. The number of carbonyl (C=O) groups excluding carboxylic acids is 1. The summed E-state index contributed by atoms with van der Waals surface area (Å²) in [6, 6.07) is 25.5. The largest absolute Gasteiger partial charge is 0.497 e. The molecule has 0 unspecified atom stereocenters. The fourth-order valence-electron chi connectivity index (χ4n) is 3.56. The van der Waals surface area contributed by atoms with Crippen molar-refractivity contribution in [1.82, 2.24) is 4.98 Å². The van der Waals surface area contributed by atoms with Crippen molar-refractivity contribution in [3.8, 4) is 5.75 Å². The lowest BCUT2D eigenvalue weighted by atomic mass is 9.96. The molecule has 4 aromatic rings. The van der Waals surface area contributed by atoms with E-state index < -0.39 is 0 Å². The van der Waals surface area contributed by atoms with Gasteiger partial charge in [-0.25, -0.2) is 0 Å². The summed E-state index contributed by atoms with van der Waals surface area (Å²) in [5, 5.41) is 0.953. The van der Waals surface area contributed by atoms with Crippen LogP contribution in [-0.2, 0) is 0 Å². The molecule has 0 saturated carbocycles. The molecule has 152 valence electrons. The number of methoxy groups -OCH3 is 1. The highest BCUT2D eigenvalue weighted by Gasteiger charge is 2.15. The van der Waals surface area contributed by atoms with E-state index in [1.807, 2.05) is 104 Å². The monoisotopic (exact) mass is 405 g/mol. The Labute approximate surface area is 182 Å². The summed E-state index contributed by atoms with van der Waals surface area (Å²) in [6.07, 6.45) is 7.48. The van der Waals surface area contributed by atoms with E-state index in [0.29, 0.717) is 5.56 Å². The SMILES string of the molecule is COc1ccc(/C=C/c2c(C(=O)/C=C/c3ccccc3)c(C)nc3ccccc23)cc1. The average Bonchev–Trinajstić information content (AvgIpc) is 2.81. The third kappa shape index (κ3) is 4.62. The van der Waals surface area contributed by atoms with E-state index in [1.165, 1.54) is 0 Å². The Bertz CT molecular complexity index is 1270. The lowest BCUT2D eigenvalue weighted by Crippen LogP contribution is -2.05. The van der Waals surface area contributed by atoms with Gasteiger partial charge < -0.3 is 4.74 Å². The first kappa shape index (κ1) is 20.3. The Hall–Kier alpha value is -3.98. The van der Waals surface area contributed by atoms with E-state index in [0.717, 1.165) is 39.0 Å². The van der Waals surface area contributed by atoms with E-state index in [1.54, 1.807) is 13.2 Å². The van der Waals surface area contributed by atoms with Crippen LogP contribution in [-0.4, -0.2) is 17.9 Å². The Kier molecular flexibility index (Phi) is 6.04. The molecule has 0 saturated heterocycles. The standard InChI is InChI=1S/C28H23NO2/c1-20-28(27(30)19-15-21-8-4-3-5-9-21)25(24-10-6-7-11-26(24)29-20)18-14-22-12-16-23(31-2)17-13-22/h3-19H,1-2H3/b18-14+,19-15+. The van der Waals surface area contributed by atoms with Crippen LogP contribution < -0.4 is 4.74 Å². The van der Waals surface area contributed by atoms with Gasteiger partial charge >= 0.3 is 0 Å². The van der Waals surface area contributed by atoms with Gasteiger partial charge in [0, 0.05) is 11.1 Å². The van der Waals surface area contributed by atoms with Crippen molar-refractivity contribution in [2.45, 2.75) is 6.92 Å². The van der Waals surface area contributed by atoms with Gasteiger partial charge in [0.05, 0.1) is 18.2 Å². The van der Waals surface area contributed by atoms with Crippen molar-refractivity contribution >= 4 is 34.9 Å². The number of pyridine rings is 1. The number of allylic oxidation sites excluding steroid dienone is 1. The molecule has 3 nitrogen and oxygen atoms in total. The Morgan fingerprint density at radius 3 is 2.23 bits per heavy atom. The van der Waals surface area contributed by atoms with Gasteiger partial charge in [0.15, 0.2) is 5.78 Å². The molecular weight excluding hydrogens is 382 g/mol. The highest BCUT2D eigenvalue weighted by atomic mass is 16.5. The molecule has 0 spiro atoms. The van der Waals surface area contributed by atoms with Crippen LogP contribution in [0.4, 0.5) is 0 Å². The predicted molar refractivity (Wildman–Crippen MR) is 128 cm³/mol. The lowest BCUT2D eigenvalue weighted by Gasteiger charge is -2.11. The zero-order valence-corrected chi connectivity index (χ0v) is 17.6.